The molecule has 0 aromatic rings. The molecule has 2 heterocycles. The van der Waals surface area contributed by atoms with Gasteiger partial charge in [-0.1, -0.05) is 6.92 Å². The fourth-order valence-corrected chi connectivity index (χ4v) is 9.91. The Kier molecular flexibility index (Phi) is 6.78. The van der Waals surface area contributed by atoms with Crippen molar-refractivity contribution >= 4 is 5.97 Å². The maximum absolute atomic E-state index is 12.4. The molecule has 9 nitrogen and oxygen atoms in total. The highest BCUT2D eigenvalue weighted by Crippen LogP contribution is 2.70. The summed E-state index contributed by atoms with van der Waals surface area (Å²) < 4.78 is 17.1. The number of hydrogen-bond acceptors (Lipinski definition) is 9. The first-order valence-electron chi connectivity index (χ1n) is 14.6. The van der Waals surface area contributed by atoms with Crippen LogP contribution in [0.2, 0.25) is 0 Å². The molecular formula is C29H44O9. The van der Waals surface area contributed by atoms with Crippen LogP contribution in [0.15, 0.2) is 11.6 Å². The summed E-state index contributed by atoms with van der Waals surface area (Å²) in [7, 11) is 0. The molecule has 6 aliphatic rings. The SMILES string of the molecule is C[C@H]1O[C@@H](O[C@H]2CC[C@@]3(CO)[C@H](CC[C@H]4[C@@H]3CC[C@]3(C)[C@@H](C5=CC(=O)OC5)CC[C@]43O)C2)[C@H](O)[C@H](O)[C@H]1O. The Hall–Kier alpha value is -1.07. The highest BCUT2D eigenvalue weighted by Gasteiger charge is 2.68. The molecule has 13 atom stereocenters. The number of ether oxygens (including phenoxy) is 3. The molecule has 0 spiro atoms. The predicted octanol–water partition coefficient (Wildman–Crippen LogP) is 1.43. The first kappa shape index (κ1) is 27.1. The topological polar surface area (TPSA) is 146 Å². The smallest absolute Gasteiger partial charge is 0.331 e. The van der Waals surface area contributed by atoms with Crippen LogP contribution in [-0.2, 0) is 19.0 Å². The van der Waals surface area contributed by atoms with E-state index in [1.165, 1.54) is 0 Å². The normalized spacial score (nSPS) is 54.5. The van der Waals surface area contributed by atoms with E-state index in [-0.39, 0.29) is 53.2 Å². The second kappa shape index (κ2) is 9.50. The summed E-state index contributed by atoms with van der Waals surface area (Å²) in [6.07, 6.45) is 3.35. The van der Waals surface area contributed by atoms with Gasteiger partial charge in [0, 0.05) is 18.1 Å². The lowest BCUT2D eigenvalue weighted by atomic mass is 9.43. The van der Waals surface area contributed by atoms with Crippen LogP contribution in [0.1, 0.15) is 71.6 Å². The lowest BCUT2D eigenvalue weighted by molar-refractivity contribution is -0.311. The van der Waals surface area contributed by atoms with Crippen LogP contribution < -0.4 is 0 Å². The van der Waals surface area contributed by atoms with Gasteiger partial charge in [-0.2, -0.15) is 0 Å². The Bertz CT molecular complexity index is 970. The Balaban J connectivity index is 1.19. The molecule has 214 valence electrons. The molecular weight excluding hydrogens is 492 g/mol. The van der Waals surface area contributed by atoms with Gasteiger partial charge in [-0.25, -0.2) is 4.79 Å². The van der Waals surface area contributed by atoms with E-state index >= 15 is 0 Å². The number of cyclic esters (lactones) is 1. The van der Waals surface area contributed by atoms with Crippen molar-refractivity contribution in [2.45, 2.75) is 114 Å². The third-order valence-corrected chi connectivity index (χ3v) is 12.1. The van der Waals surface area contributed by atoms with Crippen molar-refractivity contribution in [3.8, 4) is 0 Å². The van der Waals surface area contributed by atoms with Gasteiger partial charge in [-0.3, -0.25) is 0 Å². The van der Waals surface area contributed by atoms with Gasteiger partial charge in [0.1, 0.15) is 24.9 Å². The second-order valence-electron chi connectivity index (χ2n) is 13.4. The standard InChI is InChI=1S/C29H44O9/c1-15-23(32)24(33)25(34)26(37-15)38-18-5-9-28(14-30)17(12-18)3-4-21-20(28)6-8-27(2)19(7-10-29(21,27)35)16-11-22(31)36-13-16/h11,15,17-21,23-26,30,32-35H,3-10,12-14H2,1-2H3/t15-,17-,18+,19-,20+,21+,23+,24-,25-,26+,27-,28-,29+/m1/s1. The molecule has 9 heteroatoms. The van der Waals surface area contributed by atoms with Crippen LogP contribution in [0.25, 0.3) is 0 Å². The number of rotatable bonds is 4. The van der Waals surface area contributed by atoms with Crippen molar-refractivity contribution in [3.05, 3.63) is 11.6 Å². The van der Waals surface area contributed by atoms with E-state index < -0.39 is 36.3 Å². The monoisotopic (exact) mass is 536 g/mol. The molecule has 0 radical (unpaired) electrons. The van der Waals surface area contributed by atoms with E-state index in [0.29, 0.717) is 19.4 Å². The third kappa shape index (κ3) is 3.80. The van der Waals surface area contributed by atoms with E-state index in [0.717, 1.165) is 50.5 Å². The molecule has 4 saturated carbocycles. The van der Waals surface area contributed by atoms with Crippen LogP contribution in [-0.4, -0.2) is 87.1 Å². The molecule has 6 rings (SSSR count). The summed E-state index contributed by atoms with van der Waals surface area (Å²) in [5.41, 5.74) is -0.401. The lowest BCUT2D eigenvalue weighted by Gasteiger charge is -2.64. The minimum absolute atomic E-state index is 0.0831. The predicted molar refractivity (Wildman–Crippen MR) is 134 cm³/mol. The van der Waals surface area contributed by atoms with Crippen molar-refractivity contribution in [1.82, 2.24) is 0 Å². The van der Waals surface area contributed by atoms with Crippen molar-refractivity contribution in [3.63, 3.8) is 0 Å². The molecule has 0 amide bonds. The van der Waals surface area contributed by atoms with Gasteiger partial charge in [0.25, 0.3) is 0 Å². The summed E-state index contributed by atoms with van der Waals surface area (Å²) in [6.45, 7) is 4.27. The van der Waals surface area contributed by atoms with Crippen molar-refractivity contribution < 1.29 is 44.5 Å². The van der Waals surface area contributed by atoms with E-state index in [9.17, 15) is 30.3 Å². The summed E-state index contributed by atoms with van der Waals surface area (Å²) >= 11 is 0. The third-order valence-electron chi connectivity index (χ3n) is 12.1. The Labute approximate surface area is 224 Å². The molecule has 0 unspecified atom stereocenters. The maximum atomic E-state index is 12.4. The molecule has 5 fully saturated rings. The molecule has 5 N–H and O–H groups in total. The van der Waals surface area contributed by atoms with Gasteiger partial charge in [-0.15, -0.1) is 0 Å². The van der Waals surface area contributed by atoms with E-state index in [1.54, 1.807) is 13.0 Å². The van der Waals surface area contributed by atoms with Gasteiger partial charge in [0.2, 0.25) is 0 Å². The highest BCUT2D eigenvalue weighted by molar-refractivity contribution is 5.85. The zero-order valence-corrected chi connectivity index (χ0v) is 22.5. The van der Waals surface area contributed by atoms with Crippen molar-refractivity contribution in [1.29, 1.82) is 0 Å². The summed E-state index contributed by atoms with van der Waals surface area (Å²) in [5, 5.41) is 53.9. The zero-order chi connectivity index (χ0) is 27.0. The fraction of sp³-hybridized carbons (Fsp3) is 0.897. The van der Waals surface area contributed by atoms with Crippen LogP contribution in [0.4, 0.5) is 0 Å². The van der Waals surface area contributed by atoms with Crippen LogP contribution in [0.5, 0.6) is 0 Å². The van der Waals surface area contributed by atoms with Gasteiger partial charge in [0.05, 0.1) is 17.8 Å². The summed E-state index contributed by atoms with van der Waals surface area (Å²) in [6, 6.07) is 0. The first-order valence-corrected chi connectivity index (χ1v) is 14.6. The molecule has 38 heavy (non-hydrogen) atoms. The lowest BCUT2D eigenvalue weighted by Crippen LogP contribution is -2.64. The minimum atomic E-state index is -1.32. The minimum Gasteiger partial charge on any atom is -0.458 e. The first-order chi connectivity index (χ1) is 18.0. The summed E-state index contributed by atoms with van der Waals surface area (Å²) in [5.74, 6) is 0.414. The van der Waals surface area contributed by atoms with Gasteiger partial charge >= 0.3 is 5.97 Å². The molecule has 0 aromatic heterocycles. The zero-order valence-electron chi connectivity index (χ0n) is 22.5. The van der Waals surface area contributed by atoms with Gasteiger partial charge in [0.15, 0.2) is 6.29 Å². The number of fused-ring (bicyclic) bond motifs is 5. The van der Waals surface area contributed by atoms with Gasteiger partial charge in [-0.05, 0) is 99.4 Å². The largest absolute Gasteiger partial charge is 0.458 e. The molecule has 2 aliphatic heterocycles. The van der Waals surface area contributed by atoms with Crippen LogP contribution >= 0.6 is 0 Å². The molecule has 0 aromatic carbocycles. The number of hydrogen-bond donors (Lipinski definition) is 5. The number of carbonyl (C=O) groups is 1. The van der Waals surface area contributed by atoms with Crippen LogP contribution in [0, 0.1) is 34.5 Å². The Morgan fingerprint density at radius 2 is 1.79 bits per heavy atom. The Morgan fingerprint density at radius 1 is 1.00 bits per heavy atom. The number of esters is 1. The van der Waals surface area contributed by atoms with Crippen molar-refractivity contribution in [2.24, 2.45) is 34.5 Å². The maximum Gasteiger partial charge on any atom is 0.331 e. The van der Waals surface area contributed by atoms with Crippen molar-refractivity contribution in [2.75, 3.05) is 13.2 Å². The number of carbonyl (C=O) groups excluding carboxylic acids is 1. The average molecular weight is 537 g/mol. The molecule has 4 aliphatic carbocycles. The van der Waals surface area contributed by atoms with Gasteiger partial charge < -0.3 is 39.7 Å². The average Bonchev–Trinajstić information content (AvgIpc) is 3.45. The quantitative estimate of drug-likeness (QED) is 0.266. The Morgan fingerprint density at radius 3 is 2.50 bits per heavy atom. The molecule has 0 bridgehead atoms. The number of aliphatic hydroxyl groups excluding tert-OH is 4. The van der Waals surface area contributed by atoms with Crippen LogP contribution in [0.3, 0.4) is 0 Å². The summed E-state index contributed by atoms with van der Waals surface area (Å²) in [4.78, 5) is 11.8. The van der Waals surface area contributed by atoms with E-state index in [1.807, 2.05) is 0 Å². The fourth-order valence-electron chi connectivity index (χ4n) is 9.91. The van der Waals surface area contributed by atoms with E-state index in [2.05, 4.69) is 6.92 Å². The van der Waals surface area contributed by atoms with E-state index in [4.69, 9.17) is 14.2 Å². The highest BCUT2D eigenvalue weighted by atomic mass is 16.7. The number of aliphatic hydroxyl groups is 5. The second-order valence-corrected chi connectivity index (χ2v) is 13.4. The molecule has 1 saturated heterocycles.